The molecule has 1 amide bonds. The van der Waals surface area contributed by atoms with Gasteiger partial charge in [-0.15, -0.1) is 0 Å². The zero-order valence-electron chi connectivity index (χ0n) is 20.0. The number of carbonyl (C=O) groups excluding carboxylic acids is 1. The van der Waals surface area contributed by atoms with Gasteiger partial charge in [0.05, 0.1) is 6.04 Å². The van der Waals surface area contributed by atoms with E-state index in [4.69, 9.17) is 5.73 Å². The Morgan fingerprint density at radius 2 is 1.43 bits per heavy atom. The molecular weight excluding hydrogens is 430 g/mol. The van der Waals surface area contributed by atoms with Gasteiger partial charge in [0, 0.05) is 25.2 Å². The van der Waals surface area contributed by atoms with Gasteiger partial charge >= 0.3 is 0 Å². The van der Waals surface area contributed by atoms with E-state index in [2.05, 4.69) is 84.2 Å². The third-order valence-corrected chi connectivity index (χ3v) is 7.01. The lowest BCUT2D eigenvalue weighted by molar-refractivity contribution is -0.136. The summed E-state index contributed by atoms with van der Waals surface area (Å²) in [6.45, 7) is 1.43. The third-order valence-electron chi connectivity index (χ3n) is 7.01. The summed E-state index contributed by atoms with van der Waals surface area (Å²) in [7, 11) is 0. The quantitative estimate of drug-likeness (QED) is 0.428. The molecule has 0 saturated carbocycles. The highest BCUT2D eigenvalue weighted by atomic mass is 16.2. The van der Waals surface area contributed by atoms with Crippen molar-refractivity contribution in [2.75, 3.05) is 13.1 Å². The molecule has 0 unspecified atom stereocenters. The smallest absolute Gasteiger partial charge is 0.240 e. The van der Waals surface area contributed by atoms with Gasteiger partial charge in [0.15, 0.2) is 0 Å². The second kappa shape index (κ2) is 10.9. The molecule has 4 aromatic rings. The number of hydrogen-bond donors (Lipinski definition) is 2. The lowest BCUT2D eigenvalue weighted by atomic mass is 9.95. The van der Waals surface area contributed by atoms with Crippen molar-refractivity contribution in [2.24, 2.45) is 5.73 Å². The summed E-state index contributed by atoms with van der Waals surface area (Å²) in [6, 6.07) is 35.2. The predicted molar refractivity (Wildman–Crippen MR) is 143 cm³/mol. The van der Waals surface area contributed by atoms with Crippen molar-refractivity contribution in [3.05, 3.63) is 120 Å². The standard InChI is InChI=1S/C31H33N3O/c32-30(20-25-15-16-26-13-7-8-14-27(26)17-25)31(35)34-22-28(18-23-9-3-1-4-10-23)33-21-29(34)19-24-11-5-2-6-12-24/h1-17,28-30,33H,18-22,32H2/t28-,29+,30-/m1/s1. The number of carbonyl (C=O) groups is 1. The van der Waals surface area contributed by atoms with Gasteiger partial charge in [-0.2, -0.15) is 0 Å². The lowest BCUT2D eigenvalue weighted by Gasteiger charge is -2.42. The van der Waals surface area contributed by atoms with Gasteiger partial charge in [-0.1, -0.05) is 103 Å². The summed E-state index contributed by atoms with van der Waals surface area (Å²) < 4.78 is 0. The number of hydrogen-bond acceptors (Lipinski definition) is 3. The van der Waals surface area contributed by atoms with E-state index in [1.165, 1.54) is 21.9 Å². The van der Waals surface area contributed by atoms with E-state index in [1.807, 2.05) is 29.2 Å². The van der Waals surface area contributed by atoms with E-state index in [1.54, 1.807) is 0 Å². The zero-order valence-corrected chi connectivity index (χ0v) is 20.0. The molecule has 178 valence electrons. The summed E-state index contributed by atoms with van der Waals surface area (Å²) in [4.78, 5) is 15.8. The molecule has 1 heterocycles. The molecule has 1 aliphatic rings. The second-order valence-electron chi connectivity index (χ2n) is 9.62. The average Bonchev–Trinajstić information content (AvgIpc) is 2.90. The molecule has 0 aliphatic carbocycles. The van der Waals surface area contributed by atoms with Crippen LogP contribution < -0.4 is 11.1 Å². The predicted octanol–water partition coefficient (Wildman–Crippen LogP) is 4.36. The van der Waals surface area contributed by atoms with Crippen LogP contribution in [0.25, 0.3) is 10.8 Å². The summed E-state index contributed by atoms with van der Waals surface area (Å²) in [5.41, 5.74) is 10.2. The maximum atomic E-state index is 13.7. The molecule has 1 fully saturated rings. The largest absolute Gasteiger partial charge is 0.335 e. The lowest BCUT2D eigenvalue weighted by Crippen LogP contribution is -2.62. The van der Waals surface area contributed by atoms with Crippen LogP contribution in [0.5, 0.6) is 0 Å². The summed E-state index contributed by atoms with van der Waals surface area (Å²) >= 11 is 0. The first kappa shape index (κ1) is 23.3. The number of nitrogens with one attached hydrogen (secondary N) is 1. The van der Waals surface area contributed by atoms with Gasteiger partial charge in [0.2, 0.25) is 5.91 Å². The summed E-state index contributed by atoms with van der Waals surface area (Å²) in [5.74, 6) is 0.0404. The first-order valence-corrected chi connectivity index (χ1v) is 12.5. The fourth-order valence-electron chi connectivity index (χ4n) is 5.16. The Labute approximate surface area is 207 Å². The molecule has 0 radical (unpaired) electrons. The highest BCUT2D eigenvalue weighted by Gasteiger charge is 2.33. The molecule has 1 saturated heterocycles. The SMILES string of the molecule is N[C@H](Cc1ccc2ccccc2c1)C(=O)N1C[C@@H](Cc2ccccc2)NC[C@@H]1Cc1ccccc1. The fraction of sp³-hybridized carbons (Fsp3) is 0.258. The maximum absolute atomic E-state index is 13.7. The number of fused-ring (bicyclic) bond motifs is 1. The number of amides is 1. The molecule has 1 aliphatic heterocycles. The Balaban J connectivity index is 1.33. The van der Waals surface area contributed by atoms with Crippen molar-refractivity contribution < 1.29 is 4.79 Å². The molecule has 35 heavy (non-hydrogen) atoms. The van der Waals surface area contributed by atoms with Gasteiger partial charge in [-0.05, 0) is 46.7 Å². The van der Waals surface area contributed by atoms with Crippen molar-refractivity contribution in [1.82, 2.24) is 10.2 Å². The molecule has 4 nitrogen and oxygen atoms in total. The number of nitrogens with zero attached hydrogens (tertiary/aromatic N) is 1. The van der Waals surface area contributed by atoms with Gasteiger partial charge in [0.25, 0.3) is 0 Å². The van der Waals surface area contributed by atoms with Crippen LogP contribution in [0.2, 0.25) is 0 Å². The topological polar surface area (TPSA) is 58.4 Å². The highest BCUT2D eigenvalue weighted by Crippen LogP contribution is 2.20. The van der Waals surface area contributed by atoms with E-state index in [-0.39, 0.29) is 18.0 Å². The number of rotatable bonds is 7. The van der Waals surface area contributed by atoms with E-state index < -0.39 is 6.04 Å². The third kappa shape index (κ3) is 5.79. The minimum Gasteiger partial charge on any atom is -0.335 e. The molecule has 5 rings (SSSR count). The molecule has 3 N–H and O–H groups in total. The molecule has 4 aromatic carbocycles. The normalized spacial score (nSPS) is 18.9. The van der Waals surface area contributed by atoms with Crippen molar-refractivity contribution in [3.63, 3.8) is 0 Å². The van der Waals surface area contributed by atoms with Gasteiger partial charge < -0.3 is 16.0 Å². The van der Waals surface area contributed by atoms with Gasteiger partial charge in [-0.25, -0.2) is 0 Å². The van der Waals surface area contributed by atoms with Crippen LogP contribution in [0.15, 0.2) is 103 Å². The molecule has 0 aromatic heterocycles. The number of nitrogens with two attached hydrogens (primary N) is 1. The summed E-state index contributed by atoms with van der Waals surface area (Å²) in [6.07, 6.45) is 2.25. The van der Waals surface area contributed by atoms with Crippen LogP contribution in [0.4, 0.5) is 0 Å². The van der Waals surface area contributed by atoms with E-state index in [0.717, 1.165) is 24.9 Å². The Kier molecular flexibility index (Phi) is 7.22. The number of piperazine rings is 1. The fourth-order valence-corrected chi connectivity index (χ4v) is 5.16. The Hall–Kier alpha value is -3.47. The molecule has 0 bridgehead atoms. The van der Waals surface area contributed by atoms with Crippen LogP contribution >= 0.6 is 0 Å². The van der Waals surface area contributed by atoms with Crippen LogP contribution in [-0.2, 0) is 24.1 Å². The van der Waals surface area contributed by atoms with Crippen molar-refractivity contribution in [2.45, 2.75) is 37.4 Å². The van der Waals surface area contributed by atoms with Crippen LogP contribution in [0, 0.1) is 0 Å². The van der Waals surface area contributed by atoms with Crippen LogP contribution in [-0.4, -0.2) is 42.0 Å². The zero-order chi connectivity index (χ0) is 24.0. The van der Waals surface area contributed by atoms with Crippen LogP contribution in [0.1, 0.15) is 16.7 Å². The Morgan fingerprint density at radius 3 is 2.14 bits per heavy atom. The molecule has 4 heteroatoms. The maximum Gasteiger partial charge on any atom is 0.240 e. The van der Waals surface area contributed by atoms with E-state index in [9.17, 15) is 4.79 Å². The molecule has 3 atom stereocenters. The minimum atomic E-state index is -0.565. The van der Waals surface area contributed by atoms with Crippen LogP contribution in [0.3, 0.4) is 0 Å². The Morgan fingerprint density at radius 1 is 0.800 bits per heavy atom. The number of benzene rings is 4. The Bertz CT molecular complexity index is 1260. The monoisotopic (exact) mass is 463 g/mol. The molecular formula is C31H33N3O. The first-order valence-electron chi connectivity index (χ1n) is 12.5. The highest BCUT2D eigenvalue weighted by molar-refractivity contribution is 5.84. The summed E-state index contributed by atoms with van der Waals surface area (Å²) in [5, 5.41) is 6.07. The minimum absolute atomic E-state index is 0.0404. The van der Waals surface area contributed by atoms with E-state index >= 15 is 0 Å². The van der Waals surface area contributed by atoms with Gasteiger partial charge in [0.1, 0.15) is 0 Å². The average molecular weight is 464 g/mol. The van der Waals surface area contributed by atoms with Gasteiger partial charge in [-0.3, -0.25) is 4.79 Å². The first-order chi connectivity index (χ1) is 17.2. The van der Waals surface area contributed by atoms with Crippen molar-refractivity contribution in [1.29, 1.82) is 0 Å². The molecule has 0 spiro atoms. The van der Waals surface area contributed by atoms with Crippen molar-refractivity contribution in [3.8, 4) is 0 Å². The second-order valence-corrected chi connectivity index (χ2v) is 9.62. The van der Waals surface area contributed by atoms with E-state index in [0.29, 0.717) is 13.0 Å². The van der Waals surface area contributed by atoms with Crippen molar-refractivity contribution >= 4 is 16.7 Å².